The molecule has 0 heterocycles. The summed E-state index contributed by atoms with van der Waals surface area (Å²) in [7, 11) is -4.09. The fourth-order valence-electron chi connectivity index (χ4n) is 1.56. The fourth-order valence-corrected chi connectivity index (χ4v) is 3.05. The maximum Gasteiger partial charge on any atom is 0.402 e. The van der Waals surface area contributed by atoms with Gasteiger partial charge in [-0.05, 0) is 18.6 Å². The molecule has 0 saturated carbocycles. The van der Waals surface area contributed by atoms with E-state index in [1.54, 1.807) is 13.0 Å². The van der Waals surface area contributed by atoms with Crippen LogP contribution in [-0.2, 0) is 10.0 Å². The number of sulfonamides is 1. The minimum Gasteiger partial charge on any atom is -0.207 e. The number of alkyl halides is 3. The fraction of sp³-hybridized carbons (Fsp3) is 0.500. The molecule has 1 aromatic rings. The van der Waals surface area contributed by atoms with Crippen molar-refractivity contribution in [3.05, 3.63) is 30.3 Å². The van der Waals surface area contributed by atoms with Gasteiger partial charge in [-0.1, -0.05) is 31.5 Å². The zero-order valence-electron chi connectivity index (χ0n) is 10.5. The first-order valence-electron chi connectivity index (χ1n) is 5.89. The molecule has 0 saturated heterocycles. The van der Waals surface area contributed by atoms with E-state index in [1.807, 2.05) is 0 Å². The molecule has 0 aliphatic carbocycles. The molecular formula is C12H16F3NO2S. The summed E-state index contributed by atoms with van der Waals surface area (Å²) in [5.41, 5.74) is 0. The molecule has 0 spiro atoms. The molecule has 0 bridgehead atoms. The van der Waals surface area contributed by atoms with E-state index in [0.29, 0.717) is 17.1 Å². The van der Waals surface area contributed by atoms with Gasteiger partial charge in [-0.15, -0.1) is 0 Å². The average molecular weight is 295 g/mol. The number of benzene rings is 1. The van der Waals surface area contributed by atoms with Crippen LogP contribution in [0.4, 0.5) is 13.2 Å². The predicted octanol–water partition coefficient (Wildman–Crippen LogP) is 3.04. The third-order valence-corrected chi connectivity index (χ3v) is 4.36. The van der Waals surface area contributed by atoms with Crippen molar-refractivity contribution in [2.24, 2.45) is 0 Å². The quantitative estimate of drug-likeness (QED) is 0.809. The summed E-state index contributed by atoms with van der Waals surface area (Å²) in [6.07, 6.45) is -3.53. The summed E-state index contributed by atoms with van der Waals surface area (Å²) in [6, 6.07) is 7.17. The van der Waals surface area contributed by atoms with E-state index in [2.05, 4.69) is 0 Å². The van der Waals surface area contributed by atoms with Crippen molar-refractivity contribution in [2.45, 2.75) is 30.8 Å². The Morgan fingerprint density at radius 3 is 2.21 bits per heavy atom. The lowest BCUT2D eigenvalue weighted by molar-refractivity contribution is -0.136. The second-order valence-corrected chi connectivity index (χ2v) is 6.06. The second kappa shape index (κ2) is 6.38. The molecule has 0 aliphatic heterocycles. The highest BCUT2D eigenvalue weighted by molar-refractivity contribution is 7.89. The van der Waals surface area contributed by atoms with Crippen molar-refractivity contribution in [1.29, 1.82) is 0 Å². The molecule has 0 aromatic heterocycles. The van der Waals surface area contributed by atoms with Gasteiger partial charge in [0, 0.05) is 6.54 Å². The predicted molar refractivity (Wildman–Crippen MR) is 66.2 cm³/mol. The number of rotatable bonds is 6. The van der Waals surface area contributed by atoms with E-state index in [4.69, 9.17) is 0 Å². The number of nitrogens with zero attached hydrogens (tertiary/aromatic N) is 1. The molecule has 0 aliphatic rings. The molecule has 3 nitrogen and oxygen atoms in total. The number of unbranched alkanes of at least 4 members (excludes halogenated alkanes) is 1. The summed E-state index contributed by atoms with van der Waals surface area (Å²) in [5, 5.41) is 0. The molecule has 0 radical (unpaired) electrons. The van der Waals surface area contributed by atoms with Gasteiger partial charge in [0.1, 0.15) is 6.54 Å². The number of hydrogen-bond acceptors (Lipinski definition) is 2. The zero-order valence-corrected chi connectivity index (χ0v) is 11.3. The van der Waals surface area contributed by atoms with E-state index >= 15 is 0 Å². The molecule has 0 unspecified atom stereocenters. The average Bonchev–Trinajstić information content (AvgIpc) is 2.34. The highest BCUT2D eigenvalue weighted by Crippen LogP contribution is 2.22. The van der Waals surface area contributed by atoms with E-state index in [-0.39, 0.29) is 11.4 Å². The summed E-state index contributed by atoms with van der Waals surface area (Å²) in [6.45, 7) is 0.207. The van der Waals surface area contributed by atoms with Crippen molar-refractivity contribution in [3.63, 3.8) is 0 Å². The van der Waals surface area contributed by atoms with Crippen LogP contribution in [0.25, 0.3) is 0 Å². The Hall–Kier alpha value is -1.08. The third kappa shape index (κ3) is 4.83. The highest BCUT2D eigenvalue weighted by Gasteiger charge is 2.36. The second-order valence-electron chi connectivity index (χ2n) is 4.12. The van der Waals surface area contributed by atoms with Crippen LogP contribution in [0.5, 0.6) is 0 Å². The zero-order chi connectivity index (χ0) is 14.5. The van der Waals surface area contributed by atoms with Crippen LogP contribution >= 0.6 is 0 Å². The number of halogens is 3. The molecular weight excluding hydrogens is 279 g/mol. The minimum atomic E-state index is -4.55. The summed E-state index contributed by atoms with van der Waals surface area (Å²) >= 11 is 0. The van der Waals surface area contributed by atoms with E-state index in [9.17, 15) is 21.6 Å². The molecule has 0 atom stereocenters. The van der Waals surface area contributed by atoms with Crippen molar-refractivity contribution in [3.8, 4) is 0 Å². The van der Waals surface area contributed by atoms with E-state index < -0.39 is 22.7 Å². The molecule has 1 aromatic carbocycles. The summed E-state index contributed by atoms with van der Waals surface area (Å²) in [5.74, 6) is 0. The van der Waals surface area contributed by atoms with Gasteiger partial charge in [0.2, 0.25) is 10.0 Å². The van der Waals surface area contributed by atoms with Crippen LogP contribution in [0.15, 0.2) is 35.2 Å². The lowest BCUT2D eigenvalue weighted by atomic mass is 10.3. The van der Waals surface area contributed by atoms with Gasteiger partial charge in [-0.25, -0.2) is 8.42 Å². The van der Waals surface area contributed by atoms with E-state index in [0.717, 1.165) is 0 Å². The Morgan fingerprint density at radius 2 is 1.74 bits per heavy atom. The Morgan fingerprint density at radius 1 is 1.16 bits per heavy atom. The smallest absolute Gasteiger partial charge is 0.207 e. The maximum absolute atomic E-state index is 12.5. The Labute approximate surface area is 111 Å². The molecule has 7 heteroatoms. The topological polar surface area (TPSA) is 37.4 Å². The van der Waals surface area contributed by atoms with E-state index in [1.165, 1.54) is 24.3 Å². The van der Waals surface area contributed by atoms with Crippen molar-refractivity contribution < 1.29 is 21.6 Å². The first-order chi connectivity index (χ1) is 8.77. The Bertz CT molecular complexity index is 485. The third-order valence-electron chi connectivity index (χ3n) is 2.50. The molecule has 19 heavy (non-hydrogen) atoms. The van der Waals surface area contributed by atoms with Crippen molar-refractivity contribution in [1.82, 2.24) is 4.31 Å². The number of hydrogen-bond donors (Lipinski definition) is 0. The van der Waals surface area contributed by atoms with Crippen LogP contribution in [0.2, 0.25) is 0 Å². The first kappa shape index (κ1) is 16.0. The SMILES string of the molecule is CCCCN(CC(F)(F)F)S(=O)(=O)c1ccccc1. The van der Waals surface area contributed by atoms with Crippen LogP contribution < -0.4 is 0 Å². The van der Waals surface area contributed by atoms with Gasteiger partial charge in [-0.2, -0.15) is 17.5 Å². The molecule has 0 fully saturated rings. The lowest BCUT2D eigenvalue weighted by Crippen LogP contribution is -2.39. The highest BCUT2D eigenvalue weighted by atomic mass is 32.2. The maximum atomic E-state index is 12.5. The largest absolute Gasteiger partial charge is 0.402 e. The lowest BCUT2D eigenvalue weighted by Gasteiger charge is -2.23. The first-order valence-corrected chi connectivity index (χ1v) is 7.33. The van der Waals surface area contributed by atoms with Crippen LogP contribution in [-0.4, -0.2) is 32.0 Å². The van der Waals surface area contributed by atoms with Crippen LogP contribution in [0, 0.1) is 0 Å². The van der Waals surface area contributed by atoms with Gasteiger partial charge in [0.05, 0.1) is 4.90 Å². The monoisotopic (exact) mass is 295 g/mol. The molecule has 1 rings (SSSR count). The van der Waals surface area contributed by atoms with Gasteiger partial charge >= 0.3 is 6.18 Å². The molecule has 108 valence electrons. The van der Waals surface area contributed by atoms with Gasteiger partial charge in [0.15, 0.2) is 0 Å². The minimum absolute atomic E-state index is 0.115. The van der Waals surface area contributed by atoms with Crippen LogP contribution in [0.1, 0.15) is 19.8 Å². The van der Waals surface area contributed by atoms with Crippen LogP contribution in [0.3, 0.4) is 0 Å². The Kier molecular flexibility index (Phi) is 5.37. The standard InChI is InChI=1S/C12H16F3NO2S/c1-2-3-9-16(10-12(13,14)15)19(17,18)11-7-5-4-6-8-11/h4-8H,2-3,9-10H2,1H3. The van der Waals surface area contributed by atoms with Gasteiger partial charge in [0.25, 0.3) is 0 Å². The van der Waals surface area contributed by atoms with Crippen molar-refractivity contribution >= 4 is 10.0 Å². The summed E-state index contributed by atoms with van der Waals surface area (Å²) < 4.78 is 62.2. The van der Waals surface area contributed by atoms with Gasteiger partial charge in [-0.3, -0.25) is 0 Å². The Balaban J connectivity index is 3.02. The van der Waals surface area contributed by atoms with Gasteiger partial charge < -0.3 is 0 Å². The van der Waals surface area contributed by atoms with Crippen molar-refractivity contribution in [2.75, 3.05) is 13.1 Å². The summed E-state index contributed by atoms with van der Waals surface area (Å²) in [4.78, 5) is -0.115. The molecule has 0 N–H and O–H groups in total. The molecule has 0 amide bonds. The normalized spacial score (nSPS) is 12.9.